The third-order valence-corrected chi connectivity index (χ3v) is 3.95. The van der Waals surface area contributed by atoms with Crippen LogP contribution in [0.5, 0.6) is 23.0 Å². The minimum absolute atomic E-state index is 0.179. The van der Waals surface area contributed by atoms with Crippen molar-refractivity contribution in [2.75, 3.05) is 13.2 Å². The normalized spacial score (nSPS) is 11.2. The molecule has 0 N–H and O–H groups in total. The van der Waals surface area contributed by atoms with Crippen LogP contribution >= 0.6 is 11.6 Å². The summed E-state index contributed by atoms with van der Waals surface area (Å²) in [5, 5.41) is 1.43. The molecule has 0 atom stereocenters. The fourth-order valence-electron chi connectivity index (χ4n) is 2.50. The number of halogens is 1. The monoisotopic (exact) mass is 408 g/mol. The van der Waals surface area contributed by atoms with E-state index in [1.807, 2.05) is 0 Å². The van der Waals surface area contributed by atoms with Crippen LogP contribution in [0.25, 0.3) is 10.8 Å². The second-order valence-corrected chi connectivity index (χ2v) is 7.54. The number of fused-ring (bicyclic) bond motifs is 1. The van der Waals surface area contributed by atoms with E-state index in [1.54, 1.807) is 52.8 Å². The number of esters is 2. The maximum atomic E-state index is 12.6. The van der Waals surface area contributed by atoms with E-state index >= 15 is 0 Å². The topological polar surface area (TPSA) is 71.1 Å². The molecule has 7 heteroatoms. The van der Waals surface area contributed by atoms with Crippen LogP contribution < -0.4 is 18.9 Å². The molecule has 28 heavy (non-hydrogen) atoms. The molecule has 152 valence electrons. The molecule has 0 aliphatic rings. The lowest BCUT2D eigenvalue weighted by Crippen LogP contribution is -2.26. The van der Waals surface area contributed by atoms with Crippen molar-refractivity contribution < 1.29 is 28.5 Å². The molecule has 0 saturated heterocycles. The van der Waals surface area contributed by atoms with Crippen LogP contribution in [0.15, 0.2) is 18.2 Å². The maximum Gasteiger partial charge on any atom is 0.316 e. The fourth-order valence-corrected chi connectivity index (χ4v) is 2.67. The smallest absolute Gasteiger partial charge is 0.316 e. The molecular weight excluding hydrogens is 384 g/mol. The molecule has 6 nitrogen and oxygen atoms in total. The Hall–Kier alpha value is -2.47. The van der Waals surface area contributed by atoms with Gasteiger partial charge in [0.1, 0.15) is 0 Å². The summed E-state index contributed by atoms with van der Waals surface area (Å²) in [7, 11) is 0. The summed E-state index contributed by atoms with van der Waals surface area (Å²) in [4.78, 5) is 24.3. The van der Waals surface area contributed by atoms with E-state index in [0.29, 0.717) is 22.4 Å². The zero-order chi connectivity index (χ0) is 21.1. The summed E-state index contributed by atoms with van der Waals surface area (Å²) in [5.74, 6) is -0.200. The molecule has 0 unspecified atom stereocenters. The third kappa shape index (κ3) is 4.68. The zero-order valence-corrected chi connectivity index (χ0v) is 17.7. The van der Waals surface area contributed by atoms with Gasteiger partial charge in [0.25, 0.3) is 0 Å². The quantitative estimate of drug-likeness (QED) is 0.485. The van der Waals surface area contributed by atoms with Gasteiger partial charge in [-0.05, 0) is 52.8 Å². The van der Waals surface area contributed by atoms with Crippen LogP contribution in [0.1, 0.15) is 41.5 Å². The molecule has 2 aromatic rings. The number of benzene rings is 2. The second kappa shape index (κ2) is 8.69. The Labute approximate surface area is 169 Å². The van der Waals surface area contributed by atoms with Gasteiger partial charge >= 0.3 is 11.9 Å². The van der Waals surface area contributed by atoms with Crippen molar-refractivity contribution in [3.8, 4) is 23.0 Å². The first-order valence-electron chi connectivity index (χ1n) is 9.05. The lowest BCUT2D eigenvalue weighted by Gasteiger charge is -2.23. The lowest BCUT2D eigenvalue weighted by atomic mass is 9.97. The fraction of sp³-hybridized carbons (Fsp3) is 0.429. The highest BCUT2D eigenvalue weighted by molar-refractivity contribution is 6.31. The van der Waals surface area contributed by atoms with Gasteiger partial charge in [0, 0.05) is 22.7 Å². The molecule has 0 radical (unpaired) electrons. The number of rotatable bonds is 6. The second-order valence-electron chi connectivity index (χ2n) is 7.11. The van der Waals surface area contributed by atoms with Gasteiger partial charge in [-0.1, -0.05) is 11.6 Å². The molecule has 0 aromatic heterocycles. The van der Waals surface area contributed by atoms with E-state index in [0.717, 1.165) is 0 Å². The minimum Gasteiger partial charge on any atom is -0.487 e. The van der Waals surface area contributed by atoms with E-state index < -0.39 is 17.4 Å². The molecule has 0 heterocycles. The van der Waals surface area contributed by atoms with Crippen LogP contribution in [0.3, 0.4) is 0 Å². The molecule has 2 rings (SSSR count). The van der Waals surface area contributed by atoms with Crippen molar-refractivity contribution in [3.63, 3.8) is 0 Å². The summed E-state index contributed by atoms with van der Waals surface area (Å²) in [6.45, 7) is 10.7. The third-order valence-electron chi connectivity index (χ3n) is 3.72. The SMILES string of the molecule is CCOc1c(OCC)c(OC(=O)C(C)(C)C)c2cc(Cl)ccc2c1OC(C)=O. The van der Waals surface area contributed by atoms with Gasteiger partial charge in [-0.15, -0.1) is 0 Å². The van der Waals surface area contributed by atoms with E-state index in [9.17, 15) is 9.59 Å². The summed E-state index contributed by atoms with van der Waals surface area (Å²) in [6.07, 6.45) is 0. The van der Waals surface area contributed by atoms with Crippen LogP contribution in [-0.4, -0.2) is 25.2 Å². The highest BCUT2D eigenvalue weighted by Crippen LogP contribution is 2.52. The van der Waals surface area contributed by atoms with E-state index in [4.69, 9.17) is 30.5 Å². The Morgan fingerprint density at radius 2 is 1.43 bits per heavy atom. The first kappa shape index (κ1) is 21.8. The Balaban J connectivity index is 2.90. The number of ether oxygens (including phenoxy) is 4. The average molecular weight is 409 g/mol. The largest absolute Gasteiger partial charge is 0.487 e. The molecule has 0 saturated carbocycles. The van der Waals surface area contributed by atoms with Crippen molar-refractivity contribution in [1.82, 2.24) is 0 Å². The Morgan fingerprint density at radius 1 is 0.893 bits per heavy atom. The van der Waals surface area contributed by atoms with Gasteiger partial charge in [-0.25, -0.2) is 0 Å². The molecule has 0 fully saturated rings. The van der Waals surface area contributed by atoms with Crippen LogP contribution in [0.4, 0.5) is 0 Å². The summed E-state index contributed by atoms with van der Waals surface area (Å²) < 4.78 is 22.7. The van der Waals surface area contributed by atoms with Crippen molar-refractivity contribution in [2.24, 2.45) is 5.41 Å². The molecule has 2 aromatic carbocycles. The number of hydrogen-bond donors (Lipinski definition) is 0. The molecular formula is C21H25ClO6. The van der Waals surface area contributed by atoms with Gasteiger partial charge < -0.3 is 18.9 Å². The zero-order valence-electron chi connectivity index (χ0n) is 17.0. The Bertz CT molecular complexity index is 898. The van der Waals surface area contributed by atoms with E-state index in [2.05, 4.69) is 0 Å². The van der Waals surface area contributed by atoms with E-state index in [1.165, 1.54) is 6.92 Å². The summed E-state index contributed by atoms with van der Waals surface area (Å²) in [5.41, 5.74) is -0.741. The molecule has 0 aliphatic heterocycles. The van der Waals surface area contributed by atoms with Crippen molar-refractivity contribution >= 4 is 34.3 Å². The first-order chi connectivity index (χ1) is 13.1. The highest BCUT2D eigenvalue weighted by atomic mass is 35.5. The van der Waals surface area contributed by atoms with Gasteiger partial charge in [0.15, 0.2) is 11.5 Å². The predicted octanol–water partition coefficient (Wildman–Crippen LogP) is 5.17. The number of carbonyl (C=O) groups is 2. The molecule has 0 amide bonds. The standard InChI is InChI=1S/C21H25ClO6/c1-7-25-18-16(27-12(3)23)14-10-9-13(22)11-15(14)17(19(18)26-8-2)28-20(24)21(4,5)6/h9-11H,7-8H2,1-6H3. The van der Waals surface area contributed by atoms with Crippen LogP contribution in [0, 0.1) is 5.41 Å². The lowest BCUT2D eigenvalue weighted by molar-refractivity contribution is -0.143. The van der Waals surface area contributed by atoms with Gasteiger partial charge in [-0.3, -0.25) is 9.59 Å². The Morgan fingerprint density at radius 3 is 1.89 bits per heavy atom. The van der Waals surface area contributed by atoms with Crippen LogP contribution in [-0.2, 0) is 9.59 Å². The van der Waals surface area contributed by atoms with Gasteiger partial charge in [0.2, 0.25) is 11.5 Å². The number of carbonyl (C=O) groups excluding carboxylic acids is 2. The van der Waals surface area contributed by atoms with Crippen molar-refractivity contribution in [2.45, 2.75) is 41.5 Å². The van der Waals surface area contributed by atoms with Crippen LogP contribution in [0.2, 0.25) is 5.02 Å². The Kier molecular flexibility index (Phi) is 6.77. The molecule has 0 aliphatic carbocycles. The average Bonchev–Trinajstić information content (AvgIpc) is 2.59. The predicted molar refractivity (Wildman–Crippen MR) is 108 cm³/mol. The molecule has 0 spiro atoms. The van der Waals surface area contributed by atoms with Crippen molar-refractivity contribution in [3.05, 3.63) is 23.2 Å². The van der Waals surface area contributed by atoms with Crippen molar-refractivity contribution in [1.29, 1.82) is 0 Å². The van der Waals surface area contributed by atoms with Gasteiger partial charge in [0.05, 0.1) is 18.6 Å². The summed E-state index contributed by atoms with van der Waals surface area (Å²) >= 11 is 6.19. The molecule has 0 bridgehead atoms. The first-order valence-corrected chi connectivity index (χ1v) is 9.43. The summed E-state index contributed by atoms with van der Waals surface area (Å²) in [6, 6.07) is 4.97. The minimum atomic E-state index is -0.741. The number of hydrogen-bond acceptors (Lipinski definition) is 6. The van der Waals surface area contributed by atoms with E-state index in [-0.39, 0.29) is 29.6 Å². The maximum absolute atomic E-state index is 12.6. The van der Waals surface area contributed by atoms with Gasteiger partial charge in [-0.2, -0.15) is 0 Å². The highest BCUT2D eigenvalue weighted by Gasteiger charge is 2.30.